The summed E-state index contributed by atoms with van der Waals surface area (Å²) in [6, 6.07) is 7.12. The summed E-state index contributed by atoms with van der Waals surface area (Å²) in [7, 11) is 0. The number of carboxylic acid groups (broad SMARTS) is 1. The molecule has 1 amide bonds. The molecule has 1 aromatic rings. The van der Waals surface area contributed by atoms with E-state index in [2.05, 4.69) is 6.58 Å². The van der Waals surface area contributed by atoms with Crippen LogP contribution in [0.5, 0.6) is 0 Å². The zero-order valence-electron chi connectivity index (χ0n) is 9.30. The van der Waals surface area contributed by atoms with Crippen molar-refractivity contribution in [1.29, 1.82) is 0 Å². The van der Waals surface area contributed by atoms with Gasteiger partial charge >= 0.3 is 5.97 Å². The van der Waals surface area contributed by atoms with E-state index in [9.17, 15) is 9.59 Å². The van der Waals surface area contributed by atoms with Gasteiger partial charge in [-0.05, 0) is 24.1 Å². The first-order valence-electron chi connectivity index (χ1n) is 5.41. The Morgan fingerprint density at radius 1 is 1.41 bits per heavy atom. The van der Waals surface area contributed by atoms with Crippen molar-refractivity contribution in [2.75, 3.05) is 11.4 Å². The van der Waals surface area contributed by atoms with Crippen LogP contribution in [0.4, 0.5) is 5.69 Å². The molecule has 1 N–H and O–H groups in total. The summed E-state index contributed by atoms with van der Waals surface area (Å²) in [5.41, 5.74) is 1.37. The summed E-state index contributed by atoms with van der Waals surface area (Å²) in [5, 5.41) is 9.14. The largest absolute Gasteiger partial charge is 0.481 e. The lowest BCUT2D eigenvalue weighted by Gasteiger charge is -2.31. The van der Waals surface area contributed by atoms with Gasteiger partial charge in [0.05, 0.1) is 5.92 Å². The number of aliphatic carboxylic acids is 1. The van der Waals surface area contributed by atoms with Crippen molar-refractivity contribution in [2.45, 2.75) is 12.3 Å². The minimum atomic E-state index is -0.844. The molecule has 0 aliphatic carbocycles. The number of nitrogens with zero attached hydrogens (tertiary/aromatic N) is 1. The molecule has 17 heavy (non-hydrogen) atoms. The number of amides is 1. The minimum Gasteiger partial charge on any atom is -0.481 e. The smallest absolute Gasteiger partial charge is 0.311 e. The molecule has 1 heterocycles. The number of fused-ring (bicyclic) bond motifs is 1. The molecule has 1 aromatic carbocycles. The SMILES string of the molecule is C=CC(=O)N1CCC(C(=O)O)c2ccccc21. The molecule has 0 aromatic heterocycles. The third kappa shape index (κ3) is 1.93. The zero-order chi connectivity index (χ0) is 12.4. The first kappa shape index (κ1) is 11.4. The van der Waals surface area contributed by atoms with E-state index in [0.717, 1.165) is 0 Å². The van der Waals surface area contributed by atoms with Gasteiger partial charge in [0.25, 0.3) is 0 Å². The van der Waals surface area contributed by atoms with Crippen LogP contribution >= 0.6 is 0 Å². The van der Waals surface area contributed by atoms with Gasteiger partial charge in [0.15, 0.2) is 0 Å². The fourth-order valence-corrected chi connectivity index (χ4v) is 2.16. The molecule has 1 unspecified atom stereocenters. The highest BCUT2D eigenvalue weighted by Crippen LogP contribution is 2.35. The lowest BCUT2D eigenvalue weighted by molar-refractivity contribution is -0.139. The average Bonchev–Trinajstić information content (AvgIpc) is 2.36. The summed E-state index contributed by atoms with van der Waals surface area (Å²) in [4.78, 5) is 24.4. The Hall–Kier alpha value is -2.10. The summed E-state index contributed by atoms with van der Waals surface area (Å²) in [5.74, 6) is -1.57. The minimum absolute atomic E-state index is 0.193. The quantitative estimate of drug-likeness (QED) is 0.789. The molecule has 1 aliphatic rings. The number of hydrogen-bond donors (Lipinski definition) is 1. The van der Waals surface area contributed by atoms with Crippen molar-refractivity contribution in [2.24, 2.45) is 0 Å². The molecule has 0 bridgehead atoms. The molecule has 4 nitrogen and oxygen atoms in total. The monoisotopic (exact) mass is 231 g/mol. The van der Waals surface area contributed by atoms with Gasteiger partial charge < -0.3 is 10.0 Å². The Morgan fingerprint density at radius 3 is 2.76 bits per heavy atom. The Balaban J connectivity index is 2.47. The standard InChI is InChI=1S/C13H13NO3/c1-2-12(15)14-8-7-10(13(16)17)9-5-3-4-6-11(9)14/h2-6,10H,1,7-8H2,(H,16,17). The lowest BCUT2D eigenvalue weighted by Crippen LogP contribution is -2.37. The third-order valence-corrected chi connectivity index (χ3v) is 2.98. The van der Waals surface area contributed by atoms with Crippen molar-refractivity contribution in [3.8, 4) is 0 Å². The molecular weight excluding hydrogens is 218 g/mol. The fraction of sp³-hybridized carbons (Fsp3) is 0.231. The predicted molar refractivity (Wildman–Crippen MR) is 64.0 cm³/mol. The number of rotatable bonds is 2. The van der Waals surface area contributed by atoms with Crippen LogP contribution < -0.4 is 4.90 Å². The molecule has 2 rings (SSSR count). The summed E-state index contributed by atoms with van der Waals surface area (Å²) in [6.07, 6.45) is 1.68. The average molecular weight is 231 g/mol. The first-order valence-corrected chi connectivity index (χ1v) is 5.41. The van der Waals surface area contributed by atoms with E-state index >= 15 is 0 Å². The highest BCUT2D eigenvalue weighted by atomic mass is 16.4. The number of anilines is 1. The van der Waals surface area contributed by atoms with Crippen LogP contribution in [0.15, 0.2) is 36.9 Å². The van der Waals surface area contributed by atoms with Crippen molar-refractivity contribution in [1.82, 2.24) is 0 Å². The number of benzene rings is 1. The van der Waals surface area contributed by atoms with E-state index in [4.69, 9.17) is 5.11 Å². The van der Waals surface area contributed by atoms with Gasteiger partial charge in [-0.3, -0.25) is 9.59 Å². The van der Waals surface area contributed by atoms with Gasteiger partial charge in [-0.25, -0.2) is 0 Å². The summed E-state index contributed by atoms with van der Waals surface area (Å²) < 4.78 is 0. The summed E-state index contributed by atoms with van der Waals surface area (Å²) in [6.45, 7) is 3.87. The molecule has 0 radical (unpaired) electrons. The van der Waals surface area contributed by atoms with Crippen LogP contribution in [-0.2, 0) is 9.59 Å². The third-order valence-electron chi connectivity index (χ3n) is 2.98. The molecule has 0 saturated heterocycles. The van der Waals surface area contributed by atoms with Crippen LogP contribution in [0.2, 0.25) is 0 Å². The Morgan fingerprint density at radius 2 is 2.12 bits per heavy atom. The second kappa shape index (κ2) is 4.41. The predicted octanol–water partition coefficient (Wildman–Crippen LogP) is 1.78. The Bertz CT molecular complexity index is 481. The van der Waals surface area contributed by atoms with Crippen LogP contribution in [0.3, 0.4) is 0 Å². The maximum Gasteiger partial charge on any atom is 0.311 e. The van der Waals surface area contributed by atoms with Crippen LogP contribution in [0.25, 0.3) is 0 Å². The van der Waals surface area contributed by atoms with Gasteiger partial charge in [-0.1, -0.05) is 24.8 Å². The van der Waals surface area contributed by atoms with E-state index in [1.807, 2.05) is 0 Å². The molecule has 88 valence electrons. The lowest BCUT2D eigenvalue weighted by atomic mass is 9.90. The molecule has 0 fully saturated rings. The Kier molecular flexibility index (Phi) is 2.95. The van der Waals surface area contributed by atoms with Crippen molar-refractivity contribution < 1.29 is 14.7 Å². The number of para-hydroxylation sites is 1. The zero-order valence-corrected chi connectivity index (χ0v) is 9.30. The van der Waals surface area contributed by atoms with Gasteiger partial charge in [-0.15, -0.1) is 0 Å². The number of carbonyl (C=O) groups is 2. The molecular formula is C13H13NO3. The van der Waals surface area contributed by atoms with Crippen LogP contribution in [0.1, 0.15) is 17.9 Å². The van der Waals surface area contributed by atoms with E-state index in [-0.39, 0.29) is 5.91 Å². The van der Waals surface area contributed by atoms with Crippen molar-refractivity contribution in [3.05, 3.63) is 42.5 Å². The highest BCUT2D eigenvalue weighted by Gasteiger charge is 2.31. The molecule has 1 aliphatic heterocycles. The highest BCUT2D eigenvalue weighted by molar-refractivity contribution is 6.02. The fourth-order valence-electron chi connectivity index (χ4n) is 2.16. The molecule has 4 heteroatoms. The maximum atomic E-state index is 11.7. The number of hydrogen-bond acceptors (Lipinski definition) is 2. The maximum absolute atomic E-state index is 11.7. The molecule has 0 saturated carbocycles. The van der Waals surface area contributed by atoms with Gasteiger partial charge in [0, 0.05) is 12.2 Å². The summed E-state index contributed by atoms with van der Waals surface area (Å²) >= 11 is 0. The second-order valence-electron chi connectivity index (χ2n) is 3.93. The van der Waals surface area contributed by atoms with Crippen molar-refractivity contribution >= 4 is 17.6 Å². The normalized spacial score (nSPS) is 18.4. The van der Waals surface area contributed by atoms with E-state index in [0.29, 0.717) is 24.2 Å². The van der Waals surface area contributed by atoms with Gasteiger partial charge in [0.2, 0.25) is 5.91 Å². The second-order valence-corrected chi connectivity index (χ2v) is 3.93. The van der Waals surface area contributed by atoms with Gasteiger partial charge in [-0.2, -0.15) is 0 Å². The van der Waals surface area contributed by atoms with E-state index in [1.165, 1.54) is 6.08 Å². The topological polar surface area (TPSA) is 57.6 Å². The molecule has 0 spiro atoms. The first-order chi connectivity index (χ1) is 8.15. The van der Waals surface area contributed by atoms with Crippen LogP contribution in [0, 0.1) is 0 Å². The number of carbonyl (C=O) groups excluding carboxylic acids is 1. The molecule has 1 atom stereocenters. The van der Waals surface area contributed by atoms with E-state index in [1.54, 1.807) is 29.2 Å². The Labute approximate surface area is 99.2 Å². The van der Waals surface area contributed by atoms with Crippen molar-refractivity contribution in [3.63, 3.8) is 0 Å². The van der Waals surface area contributed by atoms with Crippen LogP contribution in [-0.4, -0.2) is 23.5 Å². The van der Waals surface area contributed by atoms with Gasteiger partial charge in [0.1, 0.15) is 0 Å². The van der Waals surface area contributed by atoms with E-state index < -0.39 is 11.9 Å². The number of carboxylic acids is 1.